The summed E-state index contributed by atoms with van der Waals surface area (Å²) < 4.78 is 5.23. The van der Waals surface area contributed by atoms with Crippen molar-refractivity contribution < 1.29 is 23.9 Å². The lowest BCUT2D eigenvalue weighted by Crippen LogP contribution is -2.44. The van der Waals surface area contributed by atoms with E-state index in [0.29, 0.717) is 35.5 Å². The van der Waals surface area contributed by atoms with Gasteiger partial charge in [-0.2, -0.15) is 0 Å². The minimum atomic E-state index is -0.839. The van der Waals surface area contributed by atoms with E-state index in [1.807, 2.05) is 0 Å². The van der Waals surface area contributed by atoms with Crippen LogP contribution in [0.25, 0.3) is 0 Å². The number of benzene rings is 2. The standard InChI is InChI=1S/C23H24N4O5/c1-32-18-7-3-2-6-17(18)25-20(29)15-8-10-16(11-9-15)24-19(28)14-27-21(30)23(26-22(27)31)12-4-5-13-23/h2-3,6-11H,4-5,12-14H2,1H3,(H,24,28)(H,25,29)(H,26,31). The number of carbonyl (C=O) groups excluding carboxylic acids is 4. The fraction of sp³-hybridized carbons (Fsp3) is 0.304. The maximum absolute atomic E-state index is 12.7. The molecule has 1 spiro atoms. The number of nitrogens with one attached hydrogen (secondary N) is 3. The molecule has 1 saturated carbocycles. The van der Waals surface area contributed by atoms with E-state index >= 15 is 0 Å². The quantitative estimate of drug-likeness (QED) is 0.602. The molecule has 1 aliphatic heterocycles. The summed E-state index contributed by atoms with van der Waals surface area (Å²) in [5.41, 5.74) is 0.553. The van der Waals surface area contributed by atoms with Gasteiger partial charge in [-0.15, -0.1) is 0 Å². The van der Waals surface area contributed by atoms with Crippen LogP contribution in [0.5, 0.6) is 5.75 Å². The number of ether oxygens (including phenoxy) is 1. The third kappa shape index (κ3) is 4.14. The van der Waals surface area contributed by atoms with Crippen molar-refractivity contribution in [2.45, 2.75) is 31.2 Å². The van der Waals surface area contributed by atoms with E-state index in [1.54, 1.807) is 48.5 Å². The molecule has 2 aliphatic rings. The summed E-state index contributed by atoms with van der Waals surface area (Å²) in [4.78, 5) is 50.7. The van der Waals surface area contributed by atoms with Gasteiger partial charge < -0.3 is 20.7 Å². The molecule has 2 fully saturated rings. The molecule has 1 saturated heterocycles. The minimum absolute atomic E-state index is 0.325. The Morgan fingerprint density at radius 1 is 1.03 bits per heavy atom. The lowest BCUT2D eigenvalue weighted by atomic mass is 9.98. The average molecular weight is 436 g/mol. The molecule has 166 valence electrons. The van der Waals surface area contributed by atoms with Crippen LogP contribution in [0.2, 0.25) is 0 Å². The number of para-hydroxylation sites is 2. The van der Waals surface area contributed by atoms with Crippen LogP contribution in [-0.2, 0) is 9.59 Å². The van der Waals surface area contributed by atoms with Crippen molar-refractivity contribution in [3.8, 4) is 5.75 Å². The van der Waals surface area contributed by atoms with Gasteiger partial charge in [-0.1, -0.05) is 25.0 Å². The summed E-state index contributed by atoms with van der Waals surface area (Å²) in [5.74, 6) is -0.605. The predicted octanol–water partition coefficient (Wildman–Crippen LogP) is 2.75. The maximum Gasteiger partial charge on any atom is 0.325 e. The van der Waals surface area contributed by atoms with Gasteiger partial charge in [-0.25, -0.2) is 4.79 Å². The van der Waals surface area contributed by atoms with Gasteiger partial charge in [0.2, 0.25) is 5.91 Å². The molecule has 0 aromatic heterocycles. The van der Waals surface area contributed by atoms with E-state index < -0.39 is 17.5 Å². The van der Waals surface area contributed by atoms with Crippen LogP contribution < -0.4 is 20.7 Å². The number of rotatable bonds is 6. The largest absolute Gasteiger partial charge is 0.495 e. The number of anilines is 2. The Kier molecular flexibility index (Phi) is 5.81. The van der Waals surface area contributed by atoms with E-state index in [1.165, 1.54) is 7.11 Å². The lowest BCUT2D eigenvalue weighted by molar-refractivity contribution is -0.133. The molecular weight excluding hydrogens is 412 g/mol. The Hall–Kier alpha value is -3.88. The molecule has 0 unspecified atom stereocenters. The van der Waals surface area contributed by atoms with Crippen LogP contribution in [-0.4, -0.2) is 47.8 Å². The van der Waals surface area contributed by atoms with Crippen molar-refractivity contribution in [1.82, 2.24) is 10.2 Å². The first-order valence-electron chi connectivity index (χ1n) is 10.4. The molecule has 0 radical (unpaired) electrons. The predicted molar refractivity (Wildman–Crippen MR) is 117 cm³/mol. The molecule has 3 N–H and O–H groups in total. The van der Waals surface area contributed by atoms with E-state index in [4.69, 9.17) is 4.74 Å². The molecule has 4 rings (SSSR count). The summed E-state index contributed by atoms with van der Waals surface area (Å²) in [7, 11) is 1.52. The highest BCUT2D eigenvalue weighted by Crippen LogP contribution is 2.35. The molecule has 32 heavy (non-hydrogen) atoms. The molecule has 0 atom stereocenters. The lowest BCUT2D eigenvalue weighted by Gasteiger charge is -2.19. The second-order valence-electron chi connectivity index (χ2n) is 7.89. The first-order valence-corrected chi connectivity index (χ1v) is 10.4. The Labute approximate surface area is 185 Å². The Morgan fingerprint density at radius 3 is 2.41 bits per heavy atom. The number of nitrogens with zero attached hydrogens (tertiary/aromatic N) is 1. The normalized spacial score (nSPS) is 16.7. The van der Waals surface area contributed by atoms with E-state index in [2.05, 4.69) is 16.0 Å². The van der Waals surface area contributed by atoms with Gasteiger partial charge in [-0.3, -0.25) is 19.3 Å². The monoisotopic (exact) mass is 436 g/mol. The second kappa shape index (κ2) is 8.70. The fourth-order valence-electron chi connectivity index (χ4n) is 4.13. The second-order valence-corrected chi connectivity index (χ2v) is 7.89. The van der Waals surface area contributed by atoms with Gasteiger partial charge in [0.15, 0.2) is 0 Å². The van der Waals surface area contributed by atoms with E-state index in [0.717, 1.165) is 17.7 Å². The molecule has 9 heteroatoms. The first-order chi connectivity index (χ1) is 15.4. The topological polar surface area (TPSA) is 117 Å². The molecule has 0 bridgehead atoms. The summed E-state index contributed by atoms with van der Waals surface area (Å²) in [6.07, 6.45) is 2.97. The molecule has 2 aromatic carbocycles. The number of hydrogen-bond donors (Lipinski definition) is 3. The van der Waals surface area contributed by atoms with Gasteiger partial charge in [-0.05, 0) is 49.2 Å². The summed E-state index contributed by atoms with van der Waals surface area (Å²) >= 11 is 0. The van der Waals surface area contributed by atoms with Gasteiger partial charge in [0.05, 0.1) is 12.8 Å². The molecule has 9 nitrogen and oxygen atoms in total. The number of methoxy groups -OCH3 is 1. The Balaban J connectivity index is 1.35. The van der Waals surface area contributed by atoms with Crippen molar-refractivity contribution in [2.75, 3.05) is 24.3 Å². The van der Waals surface area contributed by atoms with Gasteiger partial charge in [0.25, 0.3) is 11.8 Å². The van der Waals surface area contributed by atoms with Crippen molar-refractivity contribution in [2.24, 2.45) is 0 Å². The summed E-state index contributed by atoms with van der Waals surface area (Å²) in [6.45, 7) is -0.359. The number of hydrogen-bond acceptors (Lipinski definition) is 5. The van der Waals surface area contributed by atoms with Crippen LogP contribution in [0, 0.1) is 0 Å². The number of carbonyl (C=O) groups is 4. The zero-order chi connectivity index (χ0) is 22.7. The fourth-order valence-corrected chi connectivity index (χ4v) is 4.13. The smallest absolute Gasteiger partial charge is 0.325 e. The molecule has 5 amide bonds. The molecular formula is C23H24N4O5. The van der Waals surface area contributed by atoms with E-state index in [9.17, 15) is 19.2 Å². The zero-order valence-corrected chi connectivity index (χ0v) is 17.6. The maximum atomic E-state index is 12.7. The number of urea groups is 1. The van der Waals surface area contributed by atoms with Crippen LogP contribution in [0.4, 0.5) is 16.2 Å². The minimum Gasteiger partial charge on any atom is -0.495 e. The van der Waals surface area contributed by atoms with Crippen molar-refractivity contribution >= 4 is 35.1 Å². The highest BCUT2D eigenvalue weighted by atomic mass is 16.5. The Bertz CT molecular complexity index is 1060. The molecule has 1 aliphatic carbocycles. The van der Waals surface area contributed by atoms with Crippen LogP contribution in [0.3, 0.4) is 0 Å². The number of imide groups is 1. The first kappa shape index (κ1) is 21.4. The highest BCUT2D eigenvalue weighted by Gasteiger charge is 2.52. The third-order valence-electron chi connectivity index (χ3n) is 5.79. The van der Waals surface area contributed by atoms with E-state index in [-0.39, 0.29) is 18.4 Å². The SMILES string of the molecule is COc1ccccc1NC(=O)c1ccc(NC(=O)CN2C(=O)NC3(CCCC3)C2=O)cc1. The van der Waals surface area contributed by atoms with Crippen LogP contribution in [0.1, 0.15) is 36.0 Å². The molecule has 1 heterocycles. The van der Waals surface area contributed by atoms with Crippen molar-refractivity contribution in [1.29, 1.82) is 0 Å². The van der Waals surface area contributed by atoms with Gasteiger partial charge >= 0.3 is 6.03 Å². The van der Waals surface area contributed by atoms with Crippen LogP contribution in [0.15, 0.2) is 48.5 Å². The Morgan fingerprint density at radius 2 is 1.72 bits per heavy atom. The van der Waals surface area contributed by atoms with Crippen molar-refractivity contribution in [3.05, 3.63) is 54.1 Å². The van der Waals surface area contributed by atoms with Crippen LogP contribution >= 0.6 is 0 Å². The summed E-state index contributed by atoms with van der Waals surface area (Å²) in [5, 5.41) is 8.19. The zero-order valence-electron chi connectivity index (χ0n) is 17.6. The third-order valence-corrected chi connectivity index (χ3v) is 5.79. The summed E-state index contributed by atoms with van der Waals surface area (Å²) in [6, 6.07) is 12.8. The highest BCUT2D eigenvalue weighted by molar-refractivity contribution is 6.10. The number of amides is 5. The average Bonchev–Trinajstić information content (AvgIpc) is 3.35. The van der Waals surface area contributed by atoms with Crippen molar-refractivity contribution in [3.63, 3.8) is 0 Å². The van der Waals surface area contributed by atoms with Gasteiger partial charge in [0, 0.05) is 11.3 Å². The molecule has 2 aromatic rings. The van der Waals surface area contributed by atoms with Gasteiger partial charge in [0.1, 0.15) is 17.8 Å².